The molecule has 4 nitrogen and oxygen atoms in total. The van der Waals surface area contributed by atoms with E-state index >= 15 is 0 Å². The standard InChI is InChI=1S/C13H22N4/c1-3-14-11(2)12-6-5-9-17(10-12)13-7-4-8-15-16-13/h4,7-8,11-12,14H,3,5-6,9-10H2,1-2H3. The minimum Gasteiger partial charge on any atom is -0.355 e. The van der Waals surface area contributed by atoms with Crippen molar-refractivity contribution in [1.29, 1.82) is 0 Å². The molecule has 4 heteroatoms. The lowest BCUT2D eigenvalue weighted by Gasteiger charge is -2.36. The van der Waals surface area contributed by atoms with Crippen molar-refractivity contribution in [2.75, 3.05) is 24.5 Å². The molecular weight excluding hydrogens is 212 g/mol. The Morgan fingerprint density at radius 3 is 3.18 bits per heavy atom. The molecule has 2 heterocycles. The Morgan fingerprint density at radius 1 is 1.59 bits per heavy atom. The molecule has 0 radical (unpaired) electrons. The quantitative estimate of drug-likeness (QED) is 0.861. The van der Waals surface area contributed by atoms with Gasteiger partial charge in [-0.25, -0.2) is 0 Å². The second-order valence-electron chi connectivity index (χ2n) is 4.78. The van der Waals surface area contributed by atoms with E-state index < -0.39 is 0 Å². The van der Waals surface area contributed by atoms with Crippen molar-refractivity contribution in [2.45, 2.75) is 32.7 Å². The molecule has 1 aliphatic heterocycles. The van der Waals surface area contributed by atoms with Gasteiger partial charge < -0.3 is 10.2 Å². The molecule has 94 valence electrons. The number of nitrogens with one attached hydrogen (secondary N) is 1. The predicted octanol–water partition coefficient (Wildman–Crippen LogP) is 1.69. The smallest absolute Gasteiger partial charge is 0.151 e. The fraction of sp³-hybridized carbons (Fsp3) is 0.692. The van der Waals surface area contributed by atoms with E-state index in [1.807, 2.05) is 12.1 Å². The number of rotatable bonds is 4. The summed E-state index contributed by atoms with van der Waals surface area (Å²) < 4.78 is 0. The zero-order chi connectivity index (χ0) is 12.1. The number of aromatic nitrogens is 2. The van der Waals surface area contributed by atoms with Gasteiger partial charge in [-0.15, -0.1) is 5.10 Å². The number of anilines is 1. The Kier molecular flexibility index (Phi) is 4.31. The minimum atomic E-state index is 0.583. The summed E-state index contributed by atoms with van der Waals surface area (Å²) in [4.78, 5) is 2.36. The third-order valence-corrected chi connectivity index (χ3v) is 3.57. The summed E-state index contributed by atoms with van der Waals surface area (Å²) in [6, 6.07) is 4.59. The third kappa shape index (κ3) is 3.16. The Hall–Kier alpha value is -1.16. The molecular formula is C13H22N4. The molecule has 0 aliphatic carbocycles. The van der Waals surface area contributed by atoms with E-state index in [1.165, 1.54) is 12.8 Å². The summed E-state index contributed by atoms with van der Waals surface area (Å²) in [7, 11) is 0. The van der Waals surface area contributed by atoms with Gasteiger partial charge in [-0.1, -0.05) is 6.92 Å². The van der Waals surface area contributed by atoms with Crippen LogP contribution in [0.1, 0.15) is 26.7 Å². The summed E-state index contributed by atoms with van der Waals surface area (Å²) in [5.41, 5.74) is 0. The van der Waals surface area contributed by atoms with Gasteiger partial charge in [0.05, 0.1) is 0 Å². The van der Waals surface area contributed by atoms with Crippen LogP contribution in [0.4, 0.5) is 5.82 Å². The van der Waals surface area contributed by atoms with Crippen LogP contribution in [-0.4, -0.2) is 35.9 Å². The van der Waals surface area contributed by atoms with E-state index in [2.05, 4.69) is 34.3 Å². The molecule has 1 aliphatic rings. The van der Waals surface area contributed by atoms with Crippen LogP contribution < -0.4 is 10.2 Å². The molecule has 1 aromatic rings. The Bertz CT molecular complexity index is 327. The van der Waals surface area contributed by atoms with E-state index in [0.29, 0.717) is 12.0 Å². The Balaban J connectivity index is 1.97. The molecule has 0 saturated carbocycles. The highest BCUT2D eigenvalue weighted by atomic mass is 15.3. The number of hydrogen-bond acceptors (Lipinski definition) is 4. The SMILES string of the molecule is CCNC(C)C1CCCN(c2cccnn2)C1. The topological polar surface area (TPSA) is 41.0 Å². The van der Waals surface area contributed by atoms with E-state index in [-0.39, 0.29) is 0 Å². The van der Waals surface area contributed by atoms with Crippen molar-refractivity contribution >= 4 is 5.82 Å². The predicted molar refractivity (Wildman–Crippen MR) is 70.1 cm³/mol. The lowest BCUT2D eigenvalue weighted by atomic mass is 9.91. The average molecular weight is 234 g/mol. The van der Waals surface area contributed by atoms with Gasteiger partial charge in [-0.05, 0) is 44.4 Å². The largest absolute Gasteiger partial charge is 0.355 e. The number of nitrogens with zero attached hydrogens (tertiary/aromatic N) is 3. The zero-order valence-corrected chi connectivity index (χ0v) is 10.8. The first-order valence-electron chi connectivity index (χ1n) is 6.57. The summed E-state index contributed by atoms with van der Waals surface area (Å²) >= 11 is 0. The molecule has 0 bridgehead atoms. The van der Waals surface area contributed by atoms with E-state index in [4.69, 9.17) is 0 Å². The molecule has 0 amide bonds. The first-order chi connectivity index (χ1) is 8.31. The second-order valence-corrected chi connectivity index (χ2v) is 4.78. The van der Waals surface area contributed by atoms with Gasteiger partial charge in [0.15, 0.2) is 5.82 Å². The van der Waals surface area contributed by atoms with Crippen LogP contribution in [0.15, 0.2) is 18.3 Å². The summed E-state index contributed by atoms with van der Waals surface area (Å²) in [6.45, 7) is 7.69. The van der Waals surface area contributed by atoms with Gasteiger partial charge in [0.1, 0.15) is 0 Å². The molecule has 2 unspecified atom stereocenters. The van der Waals surface area contributed by atoms with E-state index in [0.717, 1.165) is 25.5 Å². The fourth-order valence-corrected chi connectivity index (χ4v) is 2.58. The monoisotopic (exact) mass is 234 g/mol. The van der Waals surface area contributed by atoms with Crippen molar-refractivity contribution in [2.24, 2.45) is 5.92 Å². The lowest BCUT2D eigenvalue weighted by molar-refractivity contribution is 0.323. The van der Waals surface area contributed by atoms with Gasteiger partial charge in [-0.3, -0.25) is 0 Å². The van der Waals surface area contributed by atoms with Crippen molar-refractivity contribution in [3.8, 4) is 0 Å². The maximum Gasteiger partial charge on any atom is 0.151 e. The number of piperidine rings is 1. The Labute approximate surface area is 103 Å². The highest BCUT2D eigenvalue weighted by molar-refractivity contribution is 5.36. The highest BCUT2D eigenvalue weighted by Gasteiger charge is 2.24. The number of hydrogen-bond donors (Lipinski definition) is 1. The van der Waals surface area contributed by atoms with E-state index in [1.54, 1.807) is 6.20 Å². The van der Waals surface area contributed by atoms with Crippen LogP contribution in [0.3, 0.4) is 0 Å². The molecule has 1 aromatic heterocycles. The minimum absolute atomic E-state index is 0.583. The Morgan fingerprint density at radius 2 is 2.47 bits per heavy atom. The molecule has 1 N–H and O–H groups in total. The van der Waals surface area contributed by atoms with E-state index in [9.17, 15) is 0 Å². The average Bonchev–Trinajstić information content (AvgIpc) is 2.40. The highest BCUT2D eigenvalue weighted by Crippen LogP contribution is 2.23. The normalized spacial score (nSPS) is 22.5. The molecule has 0 spiro atoms. The molecule has 17 heavy (non-hydrogen) atoms. The second kappa shape index (κ2) is 5.96. The van der Waals surface area contributed by atoms with Crippen molar-refractivity contribution < 1.29 is 0 Å². The van der Waals surface area contributed by atoms with Gasteiger partial charge in [0.2, 0.25) is 0 Å². The first kappa shape index (κ1) is 12.3. The van der Waals surface area contributed by atoms with Gasteiger partial charge >= 0.3 is 0 Å². The van der Waals surface area contributed by atoms with Crippen molar-refractivity contribution in [3.05, 3.63) is 18.3 Å². The molecule has 0 aromatic carbocycles. The lowest BCUT2D eigenvalue weighted by Crippen LogP contribution is -2.44. The fourth-order valence-electron chi connectivity index (χ4n) is 2.58. The first-order valence-corrected chi connectivity index (χ1v) is 6.57. The van der Waals surface area contributed by atoms with Crippen LogP contribution >= 0.6 is 0 Å². The van der Waals surface area contributed by atoms with Gasteiger partial charge in [0, 0.05) is 25.3 Å². The molecule has 1 saturated heterocycles. The van der Waals surface area contributed by atoms with Crippen LogP contribution in [0.5, 0.6) is 0 Å². The maximum absolute atomic E-state index is 4.20. The van der Waals surface area contributed by atoms with Gasteiger partial charge in [0.25, 0.3) is 0 Å². The van der Waals surface area contributed by atoms with Crippen LogP contribution in [0, 0.1) is 5.92 Å². The maximum atomic E-state index is 4.20. The van der Waals surface area contributed by atoms with Crippen LogP contribution in [0.25, 0.3) is 0 Å². The summed E-state index contributed by atoms with van der Waals surface area (Å²) in [6.07, 6.45) is 4.29. The molecule has 2 rings (SSSR count). The van der Waals surface area contributed by atoms with Crippen molar-refractivity contribution in [1.82, 2.24) is 15.5 Å². The zero-order valence-electron chi connectivity index (χ0n) is 10.8. The van der Waals surface area contributed by atoms with Gasteiger partial charge in [-0.2, -0.15) is 5.10 Å². The van der Waals surface area contributed by atoms with Crippen molar-refractivity contribution in [3.63, 3.8) is 0 Å². The molecule has 2 atom stereocenters. The third-order valence-electron chi connectivity index (χ3n) is 3.57. The molecule has 1 fully saturated rings. The summed E-state index contributed by atoms with van der Waals surface area (Å²) in [5.74, 6) is 1.73. The van der Waals surface area contributed by atoms with Crippen LogP contribution in [-0.2, 0) is 0 Å². The van der Waals surface area contributed by atoms with Crippen LogP contribution in [0.2, 0.25) is 0 Å². The summed E-state index contributed by atoms with van der Waals surface area (Å²) in [5, 5.41) is 11.7.